The van der Waals surface area contributed by atoms with Crippen LogP contribution >= 0.6 is 27.3 Å². The summed E-state index contributed by atoms with van der Waals surface area (Å²) in [5.74, 6) is 0.536. The third-order valence-corrected chi connectivity index (χ3v) is 3.72. The first-order chi connectivity index (χ1) is 7.61. The van der Waals surface area contributed by atoms with Crippen LogP contribution < -0.4 is 5.56 Å². The van der Waals surface area contributed by atoms with Crippen molar-refractivity contribution in [3.05, 3.63) is 30.9 Å². The highest BCUT2D eigenvalue weighted by Crippen LogP contribution is 2.19. The van der Waals surface area contributed by atoms with Gasteiger partial charge in [0.25, 0.3) is 5.56 Å². The van der Waals surface area contributed by atoms with Gasteiger partial charge in [0, 0.05) is 5.38 Å². The van der Waals surface area contributed by atoms with Crippen LogP contribution in [0.4, 0.5) is 0 Å². The van der Waals surface area contributed by atoms with E-state index in [2.05, 4.69) is 30.9 Å². The third kappa shape index (κ3) is 2.08. The molecule has 0 unspecified atom stereocenters. The fourth-order valence-corrected chi connectivity index (χ4v) is 2.40. The minimum atomic E-state index is -0.160. The second-order valence-corrected chi connectivity index (χ2v) is 5.14. The van der Waals surface area contributed by atoms with Crippen LogP contribution in [0.2, 0.25) is 0 Å². The number of nitrogens with one attached hydrogen (secondary N) is 1. The van der Waals surface area contributed by atoms with Gasteiger partial charge < -0.3 is 4.98 Å². The van der Waals surface area contributed by atoms with Crippen LogP contribution in [0.15, 0.2) is 14.6 Å². The summed E-state index contributed by atoms with van der Waals surface area (Å²) >= 11 is 4.77. The molecule has 0 aromatic carbocycles. The minimum Gasteiger partial charge on any atom is -0.304 e. The van der Waals surface area contributed by atoms with Crippen molar-refractivity contribution in [2.75, 3.05) is 0 Å². The van der Waals surface area contributed by atoms with Crippen LogP contribution in [0.3, 0.4) is 0 Å². The van der Waals surface area contributed by atoms with Gasteiger partial charge in [0.1, 0.15) is 10.2 Å². The lowest BCUT2D eigenvalue weighted by atomic mass is 10.3. The molecule has 0 aliphatic heterocycles. The van der Waals surface area contributed by atoms with E-state index in [-0.39, 0.29) is 5.56 Å². The monoisotopic (exact) mass is 299 g/mol. The van der Waals surface area contributed by atoms with Crippen LogP contribution in [0, 0.1) is 6.92 Å². The molecule has 16 heavy (non-hydrogen) atoms. The maximum Gasteiger partial charge on any atom is 0.265 e. The lowest BCUT2D eigenvalue weighted by Crippen LogP contribution is -2.13. The van der Waals surface area contributed by atoms with E-state index in [0.717, 1.165) is 16.4 Å². The smallest absolute Gasteiger partial charge is 0.265 e. The average molecular weight is 300 g/mol. The predicted molar refractivity (Wildman–Crippen MR) is 67.8 cm³/mol. The van der Waals surface area contributed by atoms with E-state index >= 15 is 0 Å². The van der Waals surface area contributed by atoms with E-state index in [0.29, 0.717) is 16.7 Å². The number of nitrogens with zero attached hydrogens (tertiary/aromatic N) is 2. The zero-order valence-corrected chi connectivity index (χ0v) is 11.3. The fourth-order valence-electron chi connectivity index (χ4n) is 1.33. The standard InChI is InChI=1S/C10H10BrN3OS/c1-3-6-8(11)10(15)14-9(13-6)7-4-16-5(2)12-7/h4H,3H2,1-2H3,(H,13,14,15). The lowest BCUT2D eigenvalue weighted by Gasteiger charge is -2.02. The highest BCUT2D eigenvalue weighted by Gasteiger charge is 2.10. The normalized spacial score (nSPS) is 10.7. The molecule has 0 radical (unpaired) electrons. The Hall–Kier alpha value is -1.01. The first kappa shape index (κ1) is 11.5. The Morgan fingerprint density at radius 1 is 1.50 bits per heavy atom. The van der Waals surface area contributed by atoms with Gasteiger partial charge in [-0.3, -0.25) is 4.79 Å². The van der Waals surface area contributed by atoms with Crippen molar-refractivity contribution >= 4 is 27.3 Å². The zero-order chi connectivity index (χ0) is 11.7. The maximum absolute atomic E-state index is 11.6. The van der Waals surface area contributed by atoms with Crippen molar-refractivity contribution in [2.24, 2.45) is 0 Å². The Morgan fingerprint density at radius 2 is 2.25 bits per heavy atom. The van der Waals surface area contributed by atoms with Crippen LogP contribution in [0.5, 0.6) is 0 Å². The van der Waals surface area contributed by atoms with Crippen LogP contribution in [0.1, 0.15) is 17.6 Å². The first-order valence-electron chi connectivity index (χ1n) is 4.83. The molecule has 0 saturated heterocycles. The van der Waals surface area contributed by atoms with Gasteiger partial charge in [-0.2, -0.15) is 0 Å². The number of aromatic amines is 1. The number of aryl methyl sites for hydroxylation is 2. The number of thiazole rings is 1. The molecule has 0 fully saturated rings. The molecule has 0 atom stereocenters. The van der Waals surface area contributed by atoms with Gasteiger partial charge in [-0.05, 0) is 29.3 Å². The second kappa shape index (κ2) is 4.47. The van der Waals surface area contributed by atoms with Gasteiger partial charge in [-0.1, -0.05) is 6.92 Å². The maximum atomic E-state index is 11.6. The first-order valence-corrected chi connectivity index (χ1v) is 6.50. The molecule has 0 aliphatic carbocycles. The SMILES string of the molecule is CCc1nc(-c2csc(C)n2)[nH]c(=O)c1Br. The van der Waals surface area contributed by atoms with Gasteiger partial charge in [-0.25, -0.2) is 9.97 Å². The second-order valence-electron chi connectivity index (χ2n) is 3.28. The predicted octanol–water partition coefficient (Wildman–Crippen LogP) is 2.53. The van der Waals surface area contributed by atoms with E-state index in [4.69, 9.17) is 0 Å². The van der Waals surface area contributed by atoms with Crippen LogP contribution in [-0.2, 0) is 6.42 Å². The summed E-state index contributed by atoms with van der Waals surface area (Å²) in [6.07, 6.45) is 0.709. The van der Waals surface area contributed by atoms with Crippen molar-refractivity contribution < 1.29 is 0 Å². The van der Waals surface area contributed by atoms with E-state index < -0.39 is 0 Å². The molecule has 1 N–H and O–H groups in total. The molecule has 2 rings (SSSR count). The topological polar surface area (TPSA) is 58.6 Å². The Balaban J connectivity index is 2.59. The number of H-pyrrole nitrogens is 1. The highest BCUT2D eigenvalue weighted by atomic mass is 79.9. The summed E-state index contributed by atoms with van der Waals surface area (Å²) in [5.41, 5.74) is 1.32. The molecule has 0 amide bonds. The van der Waals surface area contributed by atoms with E-state index in [9.17, 15) is 4.79 Å². The molecule has 6 heteroatoms. The van der Waals surface area contributed by atoms with Crippen molar-refractivity contribution in [3.8, 4) is 11.5 Å². The number of rotatable bonds is 2. The molecule has 0 bridgehead atoms. The molecule has 0 aliphatic rings. The van der Waals surface area contributed by atoms with Crippen LogP contribution in [0.25, 0.3) is 11.5 Å². The quantitative estimate of drug-likeness (QED) is 0.927. The zero-order valence-electron chi connectivity index (χ0n) is 8.87. The Kier molecular flexibility index (Phi) is 3.20. The minimum absolute atomic E-state index is 0.160. The van der Waals surface area contributed by atoms with Crippen molar-refractivity contribution in [1.29, 1.82) is 0 Å². The summed E-state index contributed by atoms with van der Waals surface area (Å²) < 4.78 is 0.505. The third-order valence-electron chi connectivity index (χ3n) is 2.13. The van der Waals surface area contributed by atoms with Gasteiger partial charge in [0.2, 0.25) is 0 Å². The molecular formula is C10H10BrN3OS. The van der Waals surface area contributed by atoms with Gasteiger partial charge in [-0.15, -0.1) is 11.3 Å². The molecular weight excluding hydrogens is 290 g/mol. The number of hydrogen-bond acceptors (Lipinski definition) is 4. The van der Waals surface area contributed by atoms with Crippen LogP contribution in [-0.4, -0.2) is 15.0 Å². The van der Waals surface area contributed by atoms with Gasteiger partial charge in [0.05, 0.1) is 10.7 Å². The summed E-state index contributed by atoms with van der Waals surface area (Å²) in [6.45, 7) is 3.88. The van der Waals surface area contributed by atoms with E-state index in [1.165, 1.54) is 11.3 Å². The molecule has 2 aromatic heterocycles. The Morgan fingerprint density at radius 3 is 2.81 bits per heavy atom. The summed E-state index contributed by atoms with van der Waals surface area (Å²) in [6, 6.07) is 0. The Bertz CT molecular complexity index is 576. The number of hydrogen-bond donors (Lipinski definition) is 1. The number of halogens is 1. The molecule has 2 heterocycles. The van der Waals surface area contributed by atoms with Crippen molar-refractivity contribution in [1.82, 2.24) is 15.0 Å². The molecule has 0 spiro atoms. The summed E-state index contributed by atoms with van der Waals surface area (Å²) in [7, 11) is 0. The van der Waals surface area contributed by atoms with Gasteiger partial charge >= 0.3 is 0 Å². The molecule has 2 aromatic rings. The lowest BCUT2D eigenvalue weighted by molar-refractivity contribution is 0.965. The molecule has 0 saturated carbocycles. The molecule has 84 valence electrons. The summed E-state index contributed by atoms with van der Waals surface area (Å²) in [5, 5.41) is 2.85. The van der Waals surface area contributed by atoms with E-state index in [1.807, 2.05) is 19.2 Å². The molecule has 4 nitrogen and oxygen atoms in total. The largest absolute Gasteiger partial charge is 0.304 e. The highest BCUT2D eigenvalue weighted by molar-refractivity contribution is 9.10. The number of aromatic nitrogens is 3. The van der Waals surface area contributed by atoms with Crippen molar-refractivity contribution in [3.63, 3.8) is 0 Å². The average Bonchev–Trinajstić information content (AvgIpc) is 2.69. The van der Waals surface area contributed by atoms with Crippen molar-refractivity contribution in [2.45, 2.75) is 20.3 Å². The fraction of sp³-hybridized carbons (Fsp3) is 0.300. The Labute approximate surface area is 105 Å². The van der Waals surface area contributed by atoms with E-state index in [1.54, 1.807) is 0 Å². The van der Waals surface area contributed by atoms with Gasteiger partial charge in [0.15, 0.2) is 5.82 Å². The summed E-state index contributed by atoms with van der Waals surface area (Å²) in [4.78, 5) is 23.0.